The third kappa shape index (κ3) is 4.00. The maximum Gasteiger partial charge on any atom is 0.123 e. The number of methoxy groups -OCH3 is 4. The molecule has 1 heterocycles. The first-order valence-corrected chi connectivity index (χ1v) is 9.83. The van der Waals surface area contributed by atoms with Gasteiger partial charge in [0.15, 0.2) is 0 Å². The van der Waals surface area contributed by atoms with E-state index in [4.69, 9.17) is 18.9 Å². The molecule has 6 nitrogen and oxygen atoms in total. The van der Waals surface area contributed by atoms with Crippen molar-refractivity contribution in [3.63, 3.8) is 0 Å². The predicted octanol–water partition coefficient (Wildman–Crippen LogP) is 3.74. The van der Waals surface area contributed by atoms with Crippen molar-refractivity contribution >= 4 is 0 Å². The molecule has 0 radical (unpaired) electrons. The number of ether oxygens (including phenoxy) is 4. The second kappa shape index (κ2) is 8.93. The number of hydrogen-bond acceptors (Lipinski definition) is 6. The van der Waals surface area contributed by atoms with Gasteiger partial charge in [-0.05, 0) is 36.4 Å². The van der Waals surface area contributed by atoms with Crippen molar-refractivity contribution in [1.82, 2.24) is 5.32 Å². The molecule has 1 aliphatic rings. The fourth-order valence-electron chi connectivity index (χ4n) is 4.28. The first-order valence-electron chi connectivity index (χ1n) is 9.83. The van der Waals surface area contributed by atoms with Crippen molar-refractivity contribution in [3.05, 3.63) is 47.5 Å². The van der Waals surface area contributed by atoms with Crippen LogP contribution in [-0.2, 0) is 0 Å². The summed E-state index contributed by atoms with van der Waals surface area (Å²) in [6, 6.07) is 11.2. The minimum absolute atomic E-state index is 0.0288. The number of aliphatic hydroxyl groups is 1. The Balaban J connectivity index is 2.07. The lowest BCUT2D eigenvalue weighted by Gasteiger charge is -2.44. The lowest BCUT2D eigenvalue weighted by atomic mass is 9.74. The summed E-state index contributed by atoms with van der Waals surface area (Å²) in [7, 11) is 6.59. The summed E-state index contributed by atoms with van der Waals surface area (Å²) >= 11 is 0. The summed E-state index contributed by atoms with van der Waals surface area (Å²) in [5, 5.41) is 14.8. The SMILES string of the molecule is COc1ccc(OC)c(C2NC(c3cc(OC)ccc3OC)C(C)C(O)C2C)c1. The Morgan fingerprint density at radius 1 is 0.690 bits per heavy atom. The predicted molar refractivity (Wildman–Crippen MR) is 112 cm³/mol. The zero-order valence-electron chi connectivity index (χ0n) is 17.9. The van der Waals surface area contributed by atoms with Gasteiger partial charge in [-0.2, -0.15) is 0 Å². The molecule has 0 aliphatic carbocycles. The molecule has 0 saturated carbocycles. The van der Waals surface area contributed by atoms with Gasteiger partial charge in [0.1, 0.15) is 23.0 Å². The van der Waals surface area contributed by atoms with Crippen molar-refractivity contribution in [1.29, 1.82) is 0 Å². The largest absolute Gasteiger partial charge is 0.497 e. The molecule has 1 saturated heterocycles. The van der Waals surface area contributed by atoms with Crippen LogP contribution in [0.25, 0.3) is 0 Å². The molecule has 0 amide bonds. The average molecular weight is 402 g/mol. The zero-order valence-corrected chi connectivity index (χ0v) is 17.9. The van der Waals surface area contributed by atoms with Crippen LogP contribution in [-0.4, -0.2) is 39.6 Å². The van der Waals surface area contributed by atoms with E-state index in [9.17, 15) is 5.11 Å². The molecule has 2 aromatic rings. The monoisotopic (exact) mass is 401 g/mol. The van der Waals surface area contributed by atoms with Crippen LogP contribution in [0.5, 0.6) is 23.0 Å². The molecule has 2 N–H and O–H groups in total. The molecule has 158 valence electrons. The Labute approximate surface area is 172 Å². The van der Waals surface area contributed by atoms with Crippen LogP contribution in [0, 0.1) is 11.8 Å². The molecule has 0 aromatic heterocycles. The van der Waals surface area contributed by atoms with Crippen molar-refractivity contribution in [2.45, 2.75) is 32.0 Å². The van der Waals surface area contributed by atoms with Gasteiger partial charge < -0.3 is 29.4 Å². The Morgan fingerprint density at radius 3 is 1.45 bits per heavy atom. The summed E-state index contributed by atoms with van der Waals surface area (Å²) in [6.45, 7) is 4.10. The summed E-state index contributed by atoms with van der Waals surface area (Å²) < 4.78 is 22.1. The standard InChI is InChI=1S/C23H31NO5/c1-13-21(17-11-15(26-3)7-9-19(17)28-5)24-22(14(2)23(13)25)18-12-16(27-4)8-10-20(18)29-6/h7-14,21-25H,1-6H3. The lowest BCUT2D eigenvalue weighted by molar-refractivity contribution is -0.00770. The van der Waals surface area contributed by atoms with E-state index in [1.54, 1.807) is 28.4 Å². The number of rotatable bonds is 6. The molecule has 2 aromatic carbocycles. The van der Waals surface area contributed by atoms with Crippen LogP contribution < -0.4 is 24.3 Å². The molecule has 1 fully saturated rings. The molecule has 0 bridgehead atoms. The smallest absolute Gasteiger partial charge is 0.123 e. The maximum absolute atomic E-state index is 11.1. The van der Waals surface area contributed by atoms with E-state index in [2.05, 4.69) is 19.2 Å². The van der Waals surface area contributed by atoms with Gasteiger partial charge in [0.05, 0.1) is 34.5 Å². The van der Waals surface area contributed by atoms with Gasteiger partial charge in [-0.25, -0.2) is 0 Å². The fraction of sp³-hybridized carbons (Fsp3) is 0.478. The molecule has 4 atom stereocenters. The number of aliphatic hydroxyl groups excluding tert-OH is 1. The summed E-state index contributed by atoms with van der Waals surface area (Å²) in [4.78, 5) is 0. The molecular weight excluding hydrogens is 370 g/mol. The minimum Gasteiger partial charge on any atom is -0.497 e. The zero-order chi connectivity index (χ0) is 21.1. The summed E-state index contributed by atoms with van der Waals surface area (Å²) in [6.07, 6.45) is -0.516. The third-order valence-corrected chi connectivity index (χ3v) is 6.03. The van der Waals surface area contributed by atoms with Crippen molar-refractivity contribution in [2.24, 2.45) is 11.8 Å². The molecule has 3 rings (SSSR count). The topological polar surface area (TPSA) is 69.2 Å². The van der Waals surface area contributed by atoms with Crippen molar-refractivity contribution < 1.29 is 24.1 Å². The van der Waals surface area contributed by atoms with E-state index in [0.717, 1.165) is 34.1 Å². The highest BCUT2D eigenvalue weighted by molar-refractivity contribution is 5.46. The molecule has 4 unspecified atom stereocenters. The van der Waals surface area contributed by atoms with E-state index in [1.165, 1.54) is 0 Å². The van der Waals surface area contributed by atoms with Crippen molar-refractivity contribution in [3.8, 4) is 23.0 Å². The maximum atomic E-state index is 11.1. The van der Waals surface area contributed by atoms with Gasteiger partial charge in [-0.15, -0.1) is 0 Å². The normalized spacial score (nSPS) is 26.7. The molecule has 1 aliphatic heterocycles. The number of hydrogen-bond donors (Lipinski definition) is 2. The Bertz CT molecular complexity index is 773. The quantitative estimate of drug-likeness (QED) is 0.769. The van der Waals surface area contributed by atoms with E-state index >= 15 is 0 Å². The van der Waals surface area contributed by atoms with Crippen LogP contribution in [0.4, 0.5) is 0 Å². The Kier molecular flexibility index (Phi) is 6.55. The molecular formula is C23H31NO5. The van der Waals surface area contributed by atoms with Crippen LogP contribution >= 0.6 is 0 Å². The highest BCUT2D eigenvalue weighted by atomic mass is 16.5. The Hall–Kier alpha value is -2.44. The second-order valence-corrected chi connectivity index (χ2v) is 7.55. The fourth-order valence-corrected chi connectivity index (χ4v) is 4.28. The number of benzene rings is 2. The summed E-state index contributed by atoms with van der Waals surface area (Å²) in [5.41, 5.74) is 1.91. The van der Waals surface area contributed by atoms with Gasteiger partial charge in [0, 0.05) is 35.0 Å². The second-order valence-electron chi connectivity index (χ2n) is 7.55. The highest BCUT2D eigenvalue weighted by Gasteiger charge is 2.42. The van der Waals surface area contributed by atoms with Crippen LogP contribution in [0.15, 0.2) is 36.4 Å². The van der Waals surface area contributed by atoms with Crippen molar-refractivity contribution in [2.75, 3.05) is 28.4 Å². The highest BCUT2D eigenvalue weighted by Crippen LogP contribution is 2.45. The minimum atomic E-state index is -0.516. The van der Waals surface area contributed by atoms with Crippen LogP contribution in [0.2, 0.25) is 0 Å². The Morgan fingerprint density at radius 2 is 1.10 bits per heavy atom. The summed E-state index contributed by atoms with van der Waals surface area (Å²) in [5.74, 6) is 2.95. The molecule has 0 spiro atoms. The van der Waals surface area contributed by atoms with Gasteiger partial charge in [0.25, 0.3) is 0 Å². The van der Waals surface area contributed by atoms with E-state index < -0.39 is 6.10 Å². The van der Waals surface area contributed by atoms with Gasteiger partial charge >= 0.3 is 0 Å². The first kappa shape index (κ1) is 21.3. The average Bonchev–Trinajstić information content (AvgIpc) is 2.76. The number of piperidine rings is 1. The van der Waals surface area contributed by atoms with Crippen LogP contribution in [0.1, 0.15) is 37.1 Å². The van der Waals surface area contributed by atoms with Gasteiger partial charge in [-0.1, -0.05) is 13.8 Å². The molecule has 29 heavy (non-hydrogen) atoms. The van der Waals surface area contributed by atoms with Gasteiger partial charge in [-0.3, -0.25) is 0 Å². The lowest BCUT2D eigenvalue weighted by Crippen LogP contribution is -2.49. The van der Waals surface area contributed by atoms with Crippen LogP contribution in [0.3, 0.4) is 0 Å². The first-order chi connectivity index (χ1) is 13.9. The van der Waals surface area contributed by atoms with E-state index in [-0.39, 0.29) is 23.9 Å². The van der Waals surface area contributed by atoms with E-state index in [0.29, 0.717) is 0 Å². The molecule has 6 heteroatoms. The van der Waals surface area contributed by atoms with Gasteiger partial charge in [0.2, 0.25) is 0 Å². The van der Waals surface area contributed by atoms with E-state index in [1.807, 2.05) is 36.4 Å². The third-order valence-electron chi connectivity index (χ3n) is 6.03. The number of nitrogens with one attached hydrogen (secondary N) is 1.